The number of fused-ring (bicyclic) bond motifs is 1. The van der Waals surface area contributed by atoms with Crippen LogP contribution in [-0.4, -0.2) is 19.0 Å². The van der Waals surface area contributed by atoms with Crippen molar-refractivity contribution in [1.82, 2.24) is 0 Å². The predicted octanol–water partition coefficient (Wildman–Crippen LogP) is 4.30. The lowest BCUT2D eigenvalue weighted by molar-refractivity contribution is -0.134. The first-order valence-electron chi connectivity index (χ1n) is 8.13. The lowest BCUT2D eigenvalue weighted by Gasteiger charge is -2.11. The molecule has 0 aliphatic rings. The predicted molar refractivity (Wildman–Crippen MR) is 95.6 cm³/mol. The van der Waals surface area contributed by atoms with Crippen LogP contribution >= 0.6 is 0 Å². The van der Waals surface area contributed by atoms with Crippen LogP contribution in [0, 0.1) is 5.82 Å². The van der Waals surface area contributed by atoms with Crippen molar-refractivity contribution in [2.24, 2.45) is 0 Å². The molecule has 0 N–H and O–H groups in total. The molecule has 4 nitrogen and oxygen atoms in total. The monoisotopic (exact) mass is 352 g/mol. The molecule has 0 aliphatic heterocycles. The molecule has 0 atom stereocenters. The molecule has 0 amide bonds. The quantitative estimate of drug-likeness (QED) is 0.507. The molecule has 0 aliphatic carbocycles. The van der Waals surface area contributed by atoms with E-state index >= 15 is 0 Å². The summed E-state index contributed by atoms with van der Waals surface area (Å²) in [6.07, 6.45) is 0.209. The SMILES string of the molecule is COC(=O)c1cc2ccccc2cc1OC(=O)CCc1ccccc1F. The average molecular weight is 352 g/mol. The normalized spacial score (nSPS) is 10.5. The van der Waals surface area contributed by atoms with E-state index in [4.69, 9.17) is 9.47 Å². The highest BCUT2D eigenvalue weighted by molar-refractivity contribution is 5.99. The lowest BCUT2D eigenvalue weighted by Crippen LogP contribution is -2.13. The van der Waals surface area contributed by atoms with Gasteiger partial charge in [-0.15, -0.1) is 0 Å². The van der Waals surface area contributed by atoms with E-state index in [1.165, 1.54) is 13.2 Å². The Kier molecular flexibility index (Phi) is 5.27. The molecule has 0 unspecified atom stereocenters. The van der Waals surface area contributed by atoms with E-state index in [-0.39, 0.29) is 30.0 Å². The molecule has 0 bridgehead atoms. The molecule has 26 heavy (non-hydrogen) atoms. The summed E-state index contributed by atoms with van der Waals surface area (Å²) in [7, 11) is 1.27. The Morgan fingerprint density at radius 3 is 2.31 bits per heavy atom. The number of methoxy groups -OCH3 is 1. The van der Waals surface area contributed by atoms with Crippen molar-refractivity contribution in [2.45, 2.75) is 12.8 Å². The van der Waals surface area contributed by atoms with Crippen LogP contribution in [0.15, 0.2) is 60.7 Å². The zero-order valence-corrected chi connectivity index (χ0v) is 14.2. The molecular formula is C21H17FO4. The Labute approximate surface area is 150 Å². The van der Waals surface area contributed by atoms with Crippen LogP contribution < -0.4 is 4.74 Å². The standard InChI is InChI=1S/C21H17FO4/c1-25-21(24)17-12-15-7-2-3-8-16(15)13-19(17)26-20(23)11-10-14-6-4-5-9-18(14)22/h2-9,12-13H,10-11H2,1H3. The zero-order chi connectivity index (χ0) is 18.5. The molecule has 3 aromatic carbocycles. The van der Waals surface area contributed by atoms with Gasteiger partial charge in [0.15, 0.2) is 0 Å². The molecule has 3 rings (SSSR count). The molecule has 0 spiro atoms. The molecule has 5 heteroatoms. The number of carbonyl (C=O) groups excluding carboxylic acids is 2. The number of benzene rings is 3. The Hall–Kier alpha value is -3.21. The van der Waals surface area contributed by atoms with Gasteiger partial charge in [-0.25, -0.2) is 9.18 Å². The van der Waals surface area contributed by atoms with E-state index < -0.39 is 11.9 Å². The van der Waals surface area contributed by atoms with Crippen molar-refractivity contribution in [3.63, 3.8) is 0 Å². The van der Waals surface area contributed by atoms with Gasteiger partial charge in [-0.1, -0.05) is 42.5 Å². The number of hydrogen-bond acceptors (Lipinski definition) is 4. The minimum atomic E-state index is -0.590. The topological polar surface area (TPSA) is 52.6 Å². The third-order valence-corrected chi connectivity index (χ3v) is 4.03. The highest BCUT2D eigenvalue weighted by Crippen LogP contribution is 2.27. The van der Waals surface area contributed by atoms with Crippen LogP contribution in [0.1, 0.15) is 22.3 Å². The minimum Gasteiger partial charge on any atom is -0.465 e. The van der Waals surface area contributed by atoms with Gasteiger partial charge in [-0.05, 0) is 41.0 Å². The van der Waals surface area contributed by atoms with E-state index in [2.05, 4.69) is 0 Å². The number of hydrogen-bond donors (Lipinski definition) is 0. The smallest absolute Gasteiger partial charge is 0.341 e. The fourth-order valence-electron chi connectivity index (χ4n) is 2.68. The van der Waals surface area contributed by atoms with Crippen LogP contribution in [0.4, 0.5) is 4.39 Å². The second-order valence-corrected chi connectivity index (χ2v) is 5.75. The molecule has 0 aromatic heterocycles. The van der Waals surface area contributed by atoms with E-state index in [1.807, 2.05) is 24.3 Å². The van der Waals surface area contributed by atoms with Crippen LogP contribution in [0.2, 0.25) is 0 Å². The van der Waals surface area contributed by atoms with Gasteiger partial charge >= 0.3 is 11.9 Å². The molecule has 0 saturated heterocycles. The maximum Gasteiger partial charge on any atom is 0.341 e. The minimum absolute atomic E-state index is 0.00558. The third-order valence-electron chi connectivity index (χ3n) is 4.03. The first-order chi connectivity index (χ1) is 12.6. The summed E-state index contributed by atoms with van der Waals surface area (Å²) in [5.74, 6) is -1.36. The van der Waals surface area contributed by atoms with Gasteiger partial charge in [0.25, 0.3) is 0 Å². The van der Waals surface area contributed by atoms with Crippen LogP contribution in [0.25, 0.3) is 10.8 Å². The van der Waals surface area contributed by atoms with Gasteiger partial charge in [0.2, 0.25) is 0 Å². The van der Waals surface area contributed by atoms with Crippen molar-refractivity contribution >= 4 is 22.7 Å². The summed E-state index contributed by atoms with van der Waals surface area (Å²) in [4.78, 5) is 24.2. The number of ether oxygens (including phenoxy) is 2. The second kappa shape index (κ2) is 7.78. The van der Waals surface area contributed by atoms with Gasteiger partial charge in [-0.2, -0.15) is 0 Å². The average Bonchev–Trinajstić information content (AvgIpc) is 2.66. The van der Waals surface area contributed by atoms with Crippen molar-refractivity contribution in [2.75, 3.05) is 7.11 Å². The van der Waals surface area contributed by atoms with Crippen LogP contribution in [0.3, 0.4) is 0 Å². The summed E-state index contributed by atoms with van der Waals surface area (Å²) in [6, 6.07) is 16.9. The fraction of sp³-hybridized carbons (Fsp3) is 0.143. The number of rotatable bonds is 5. The number of esters is 2. The highest BCUT2D eigenvalue weighted by Gasteiger charge is 2.17. The molecule has 0 fully saturated rings. The highest BCUT2D eigenvalue weighted by atomic mass is 19.1. The van der Waals surface area contributed by atoms with E-state index in [1.54, 1.807) is 30.3 Å². The molecule has 0 radical (unpaired) electrons. The lowest BCUT2D eigenvalue weighted by atomic mass is 10.1. The maximum atomic E-state index is 13.6. The zero-order valence-electron chi connectivity index (χ0n) is 14.2. The van der Waals surface area contributed by atoms with Crippen LogP contribution in [0.5, 0.6) is 5.75 Å². The molecule has 3 aromatic rings. The molecule has 0 saturated carbocycles. The van der Waals surface area contributed by atoms with Crippen molar-refractivity contribution in [1.29, 1.82) is 0 Å². The van der Waals surface area contributed by atoms with Gasteiger partial charge < -0.3 is 9.47 Å². The van der Waals surface area contributed by atoms with Gasteiger partial charge in [0, 0.05) is 0 Å². The van der Waals surface area contributed by atoms with Crippen LogP contribution in [-0.2, 0) is 16.0 Å². The summed E-state index contributed by atoms with van der Waals surface area (Å²) < 4.78 is 23.8. The first-order valence-corrected chi connectivity index (χ1v) is 8.13. The Morgan fingerprint density at radius 2 is 1.62 bits per heavy atom. The summed E-state index contributed by atoms with van der Waals surface area (Å²) in [5, 5.41) is 1.66. The van der Waals surface area contributed by atoms with Gasteiger partial charge in [-0.3, -0.25) is 4.79 Å². The third kappa shape index (κ3) is 3.88. The summed E-state index contributed by atoms with van der Waals surface area (Å²) in [6.45, 7) is 0. The number of carbonyl (C=O) groups is 2. The van der Waals surface area contributed by atoms with Crippen molar-refractivity contribution in [3.05, 3.63) is 77.6 Å². The van der Waals surface area contributed by atoms with Crippen molar-refractivity contribution in [3.8, 4) is 5.75 Å². The second-order valence-electron chi connectivity index (χ2n) is 5.75. The van der Waals surface area contributed by atoms with Gasteiger partial charge in [0.1, 0.15) is 17.1 Å². The van der Waals surface area contributed by atoms with E-state index in [0.29, 0.717) is 5.56 Å². The van der Waals surface area contributed by atoms with Crippen molar-refractivity contribution < 1.29 is 23.5 Å². The summed E-state index contributed by atoms with van der Waals surface area (Å²) >= 11 is 0. The fourth-order valence-corrected chi connectivity index (χ4v) is 2.68. The summed E-state index contributed by atoms with van der Waals surface area (Å²) in [5.41, 5.74) is 0.613. The van der Waals surface area contributed by atoms with E-state index in [0.717, 1.165) is 10.8 Å². The molecular weight excluding hydrogens is 335 g/mol. The first kappa shape index (κ1) is 17.6. The van der Waals surface area contributed by atoms with E-state index in [9.17, 15) is 14.0 Å². The van der Waals surface area contributed by atoms with Gasteiger partial charge in [0.05, 0.1) is 13.5 Å². The Bertz CT molecular complexity index is 965. The molecule has 0 heterocycles. The Balaban J connectivity index is 1.81. The number of halogens is 1. The maximum absolute atomic E-state index is 13.6. The molecule has 132 valence electrons. The number of aryl methyl sites for hydroxylation is 1. The Morgan fingerprint density at radius 1 is 0.962 bits per heavy atom. The largest absolute Gasteiger partial charge is 0.465 e.